The van der Waals surface area contributed by atoms with Gasteiger partial charge in [0.2, 0.25) is 0 Å². The van der Waals surface area contributed by atoms with E-state index in [1.54, 1.807) is 0 Å². The van der Waals surface area contributed by atoms with Crippen molar-refractivity contribution < 1.29 is 9.90 Å². The van der Waals surface area contributed by atoms with E-state index >= 15 is 0 Å². The quantitative estimate of drug-likeness (QED) is 0.499. The molecule has 0 aliphatic heterocycles. The number of hydrogen-bond donors (Lipinski definition) is 2. The summed E-state index contributed by atoms with van der Waals surface area (Å²) in [5.41, 5.74) is 0. The summed E-state index contributed by atoms with van der Waals surface area (Å²) >= 11 is 4.22. The molecule has 0 aliphatic carbocycles. The third-order valence-corrected chi connectivity index (χ3v) is 0.476. The first-order chi connectivity index (χ1) is 2.64. The Morgan fingerprint density at radius 2 is 1.86 bits per heavy atom. The monoisotopic (exact) mass is 121 g/mol. The number of thiocarbonyl (C=S) groups is 1. The van der Waals surface area contributed by atoms with Crippen molar-refractivity contribution >= 4 is 23.1 Å². The molecular formula is C3H7NO2S. The van der Waals surface area contributed by atoms with Crippen molar-refractivity contribution in [1.29, 1.82) is 0 Å². The van der Waals surface area contributed by atoms with Gasteiger partial charge < -0.3 is 11.3 Å². The number of hydrogen-bond acceptors (Lipinski definition) is 3. The second-order valence-electron chi connectivity index (χ2n) is 0.861. The van der Waals surface area contributed by atoms with Gasteiger partial charge in [0.25, 0.3) is 0 Å². The number of aliphatic carboxylic acids is 1. The van der Waals surface area contributed by atoms with Gasteiger partial charge in [-0.25, -0.2) is 4.79 Å². The highest BCUT2D eigenvalue weighted by atomic mass is 32.1. The van der Waals surface area contributed by atoms with E-state index in [0.29, 0.717) is 0 Å². The van der Waals surface area contributed by atoms with Crippen molar-refractivity contribution in [2.24, 2.45) is 0 Å². The summed E-state index contributed by atoms with van der Waals surface area (Å²) in [4.78, 5) is 9.57. The molecular weight excluding hydrogens is 114 g/mol. The second kappa shape index (κ2) is 3.70. The van der Waals surface area contributed by atoms with Crippen LogP contribution in [0.3, 0.4) is 0 Å². The normalized spacial score (nSPS) is 6.43. The summed E-state index contributed by atoms with van der Waals surface area (Å²) < 4.78 is 0. The van der Waals surface area contributed by atoms with Crippen LogP contribution in [0.2, 0.25) is 0 Å². The van der Waals surface area contributed by atoms with Crippen LogP contribution in [-0.4, -0.2) is 15.9 Å². The molecule has 0 atom stereocenters. The molecule has 42 valence electrons. The number of carboxylic acid groups (broad SMARTS) is 1. The van der Waals surface area contributed by atoms with E-state index in [-0.39, 0.29) is 11.0 Å². The molecule has 0 rings (SSSR count). The van der Waals surface area contributed by atoms with E-state index in [0.717, 1.165) is 0 Å². The fraction of sp³-hybridized carbons (Fsp3) is 0.333. The van der Waals surface area contributed by atoms with Crippen molar-refractivity contribution in [2.75, 3.05) is 0 Å². The van der Waals surface area contributed by atoms with Gasteiger partial charge in [-0.05, 0) is 6.92 Å². The summed E-state index contributed by atoms with van der Waals surface area (Å²) in [6.07, 6.45) is 0. The molecule has 0 aromatic carbocycles. The van der Waals surface area contributed by atoms with Crippen LogP contribution in [0.1, 0.15) is 6.92 Å². The molecule has 0 saturated carbocycles. The standard InChI is InChI=1S/C3H4O2S.H3N/c1-2(6)3(4)5;/h1H3,(H,4,5);1H3. The Balaban J connectivity index is 0. The highest BCUT2D eigenvalue weighted by Crippen LogP contribution is 1.69. The average Bonchev–Trinajstić information content (AvgIpc) is 1.36. The van der Waals surface area contributed by atoms with Crippen molar-refractivity contribution in [2.45, 2.75) is 6.92 Å². The Morgan fingerprint density at radius 3 is 1.86 bits per heavy atom. The summed E-state index contributed by atoms with van der Waals surface area (Å²) in [6, 6.07) is 0. The van der Waals surface area contributed by atoms with Gasteiger partial charge in [0.15, 0.2) is 0 Å². The predicted octanol–water partition coefficient (Wildman–Crippen LogP) is 0.623. The van der Waals surface area contributed by atoms with Crippen LogP contribution < -0.4 is 6.15 Å². The largest absolute Gasteiger partial charge is 0.477 e. The Labute approximate surface area is 46.9 Å². The molecule has 0 amide bonds. The molecule has 0 heterocycles. The zero-order valence-corrected chi connectivity index (χ0v) is 4.79. The Bertz CT molecular complexity index is 78.9. The topological polar surface area (TPSA) is 72.3 Å². The molecule has 0 saturated heterocycles. The van der Waals surface area contributed by atoms with Crippen LogP contribution in [-0.2, 0) is 4.79 Å². The molecule has 3 nitrogen and oxygen atoms in total. The van der Waals surface area contributed by atoms with Gasteiger partial charge in [0.1, 0.15) is 0 Å². The molecule has 0 fully saturated rings. The number of carbonyl (C=O) groups is 1. The minimum absolute atomic E-state index is 0. The third-order valence-electron chi connectivity index (χ3n) is 0.301. The first-order valence-electron chi connectivity index (χ1n) is 1.38. The zero-order chi connectivity index (χ0) is 5.15. The summed E-state index contributed by atoms with van der Waals surface area (Å²) in [7, 11) is 0. The molecule has 0 bridgehead atoms. The van der Waals surface area contributed by atoms with Crippen LogP contribution >= 0.6 is 12.2 Å². The van der Waals surface area contributed by atoms with E-state index in [2.05, 4.69) is 12.2 Å². The highest BCUT2D eigenvalue weighted by Gasteiger charge is 1.93. The second-order valence-corrected chi connectivity index (χ2v) is 1.47. The molecule has 0 aromatic heterocycles. The van der Waals surface area contributed by atoms with Gasteiger partial charge >= 0.3 is 5.97 Å². The molecule has 7 heavy (non-hydrogen) atoms. The lowest BCUT2D eigenvalue weighted by Gasteiger charge is -1.77. The van der Waals surface area contributed by atoms with E-state index in [1.807, 2.05) is 0 Å². The summed E-state index contributed by atoms with van der Waals surface area (Å²) in [5.74, 6) is -1.01. The van der Waals surface area contributed by atoms with Crippen molar-refractivity contribution in [3.8, 4) is 0 Å². The van der Waals surface area contributed by atoms with Crippen molar-refractivity contribution in [3.63, 3.8) is 0 Å². The van der Waals surface area contributed by atoms with Gasteiger partial charge in [-0.15, -0.1) is 0 Å². The zero-order valence-electron chi connectivity index (χ0n) is 3.97. The Kier molecular flexibility index (Phi) is 5.14. The maximum absolute atomic E-state index is 9.56. The SMILES string of the molecule is CC(=S)C(=O)O.N. The average molecular weight is 121 g/mol. The van der Waals surface area contributed by atoms with Crippen molar-refractivity contribution in [1.82, 2.24) is 6.15 Å². The van der Waals surface area contributed by atoms with Crippen LogP contribution in [0.25, 0.3) is 0 Å². The molecule has 4 heteroatoms. The minimum Gasteiger partial charge on any atom is -0.477 e. The minimum atomic E-state index is -1.01. The Morgan fingerprint density at radius 1 is 1.71 bits per heavy atom. The first-order valence-corrected chi connectivity index (χ1v) is 1.79. The van der Waals surface area contributed by atoms with Crippen LogP contribution in [0.4, 0.5) is 0 Å². The molecule has 4 N–H and O–H groups in total. The van der Waals surface area contributed by atoms with Gasteiger partial charge in [-0.3, -0.25) is 0 Å². The molecule has 0 aromatic rings. The van der Waals surface area contributed by atoms with E-state index < -0.39 is 5.97 Å². The van der Waals surface area contributed by atoms with Crippen LogP contribution in [0.5, 0.6) is 0 Å². The number of carboxylic acids is 1. The lowest BCUT2D eigenvalue weighted by Crippen LogP contribution is -2.03. The van der Waals surface area contributed by atoms with Gasteiger partial charge in [0.05, 0.1) is 4.86 Å². The molecule has 0 radical (unpaired) electrons. The Hall–Kier alpha value is -0.480. The fourth-order valence-electron chi connectivity index (χ4n) is 0. The molecule has 0 spiro atoms. The van der Waals surface area contributed by atoms with E-state index in [1.165, 1.54) is 6.92 Å². The maximum atomic E-state index is 9.56. The van der Waals surface area contributed by atoms with Crippen LogP contribution in [0, 0.1) is 0 Å². The summed E-state index contributed by atoms with van der Waals surface area (Å²) in [5, 5.41) is 7.85. The lowest BCUT2D eigenvalue weighted by molar-refractivity contribution is -0.129. The van der Waals surface area contributed by atoms with E-state index in [9.17, 15) is 4.79 Å². The fourth-order valence-corrected chi connectivity index (χ4v) is 0. The predicted molar refractivity (Wildman–Crippen MR) is 30.9 cm³/mol. The smallest absolute Gasteiger partial charge is 0.342 e. The van der Waals surface area contributed by atoms with Crippen LogP contribution in [0.15, 0.2) is 0 Å². The van der Waals surface area contributed by atoms with Gasteiger partial charge in [-0.2, -0.15) is 0 Å². The van der Waals surface area contributed by atoms with Gasteiger partial charge in [-0.1, -0.05) is 12.2 Å². The maximum Gasteiger partial charge on any atom is 0.342 e. The molecule has 0 aliphatic rings. The highest BCUT2D eigenvalue weighted by molar-refractivity contribution is 7.82. The third kappa shape index (κ3) is 5.52. The first kappa shape index (κ1) is 9.72. The van der Waals surface area contributed by atoms with Crippen molar-refractivity contribution in [3.05, 3.63) is 0 Å². The van der Waals surface area contributed by atoms with E-state index in [4.69, 9.17) is 5.11 Å². The molecule has 0 unspecified atom stereocenters. The lowest BCUT2D eigenvalue weighted by atomic mass is 10.5. The van der Waals surface area contributed by atoms with Gasteiger partial charge in [0, 0.05) is 0 Å². The summed E-state index contributed by atoms with van der Waals surface area (Å²) in [6.45, 7) is 1.37. The number of rotatable bonds is 1.